The second-order valence-electron chi connectivity index (χ2n) is 6.89. The van der Waals surface area contributed by atoms with Gasteiger partial charge in [-0.15, -0.1) is 0 Å². The Kier molecular flexibility index (Phi) is 4.71. The highest BCUT2D eigenvalue weighted by Crippen LogP contribution is 2.37. The summed E-state index contributed by atoms with van der Waals surface area (Å²) in [6.07, 6.45) is 4.14. The van der Waals surface area contributed by atoms with Gasteiger partial charge in [-0.05, 0) is 37.0 Å². The number of hydrogen-bond acceptors (Lipinski definition) is 2. The quantitative estimate of drug-likeness (QED) is 0.858. The van der Waals surface area contributed by atoms with Crippen LogP contribution >= 0.6 is 0 Å². The van der Waals surface area contributed by atoms with E-state index in [1.54, 1.807) is 0 Å². The molecule has 1 N–H and O–H groups in total. The molecule has 1 saturated heterocycles. The molecule has 0 aromatic carbocycles. The summed E-state index contributed by atoms with van der Waals surface area (Å²) >= 11 is 0. The zero-order valence-corrected chi connectivity index (χ0v) is 13.2. The van der Waals surface area contributed by atoms with Crippen LogP contribution in [0.1, 0.15) is 53.4 Å². The van der Waals surface area contributed by atoms with E-state index in [1.807, 2.05) is 4.90 Å². The Hall–Kier alpha value is -1.06. The minimum absolute atomic E-state index is 0.00222. The van der Waals surface area contributed by atoms with Crippen molar-refractivity contribution in [3.05, 3.63) is 0 Å². The summed E-state index contributed by atoms with van der Waals surface area (Å²) in [5.41, 5.74) is 0. The zero-order valence-electron chi connectivity index (χ0n) is 13.2. The Morgan fingerprint density at radius 3 is 2.55 bits per heavy atom. The van der Waals surface area contributed by atoms with Crippen LogP contribution in [0, 0.1) is 17.8 Å². The van der Waals surface area contributed by atoms with E-state index in [-0.39, 0.29) is 30.4 Å². The second-order valence-corrected chi connectivity index (χ2v) is 6.89. The molecule has 0 bridgehead atoms. The van der Waals surface area contributed by atoms with Crippen molar-refractivity contribution in [1.82, 2.24) is 10.2 Å². The van der Waals surface area contributed by atoms with Gasteiger partial charge >= 0.3 is 0 Å². The van der Waals surface area contributed by atoms with Crippen molar-refractivity contribution < 1.29 is 9.59 Å². The molecule has 0 aromatic rings. The van der Waals surface area contributed by atoms with Gasteiger partial charge in [0.2, 0.25) is 11.8 Å². The third-order valence-corrected chi connectivity index (χ3v) is 5.05. The molecular weight excluding hydrogens is 252 g/mol. The number of carbonyl (C=O) groups is 2. The number of amides is 2. The number of carbonyl (C=O) groups excluding carboxylic acids is 2. The van der Waals surface area contributed by atoms with Crippen LogP contribution in [0.25, 0.3) is 0 Å². The molecule has 4 nitrogen and oxygen atoms in total. The van der Waals surface area contributed by atoms with Crippen LogP contribution in [0.15, 0.2) is 0 Å². The highest BCUT2D eigenvalue weighted by molar-refractivity contribution is 5.95. The summed E-state index contributed by atoms with van der Waals surface area (Å²) in [7, 11) is 0. The molecule has 0 spiro atoms. The predicted molar refractivity (Wildman–Crippen MR) is 79.1 cm³/mol. The minimum atomic E-state index is -0.316. The van der Waals surface area contributed by atoms with Gasteiger partial charge in [0, 0.05) is 6.04 Å². The highest BCUT2D eigenvalue weighted by atomic mass is 16.2. The molecule has 4 atom stereocenters. The van der Waals surface area contributed by atoms with Crippen LogP contribution in [-0.2, 0) is 9.59 Å². The lowest BCUT2D eigenvalue weighted by molar-refractivity contribution is -0.147. The number of piperazine rings is 1. The summed E-state index contributed by atoms with van der Waals surface area (Å²) in [5.74, 6) is 1.75. The fraction of sp³-hybridized carbons (Fsp3) is 0.875. The van der Waals surface area contributed by atoms with Gasteiger partial charge in [-0.3, -0.25) is 9.59 Å². The van der Waals surface area contributed by atoms with Crippen molar-refractivity contribution in [1.29, 1.82) is 0 Å². The molecule has 1 aliphatic heterocycles. The van der Waals surface area contributed by atoms with Gasteiger partial charge in [-0.2, -0.15) is 0 Å². The summed E-state index contributed by atoms with van der Waals surface area (Å²) in [4.78, 5) is 26.4. The Bertz CT molecular complexity index is 381. The minimum Gasteiger partial charge on any atom is -0.343 e. The maximum Gasteiger partial charge on any atom is 0.245 e. The largest absolute Gasteiger partial charge is 0.343 e. The molecule has 2 amide bonds. The van der Waals surface area contributed by atoms with Crippen LogP contribution in [0.3, 0.4) is 0 Å². The number of nitrogens with zero attached hydrogens (tertiary/aromatic N) is 1. The van der Waals surface area contributed by atoms with E-state index < -0.39 is 0 Å². The first kappa shape index (κ1) is 15.3. The average Bonchev–Trinajstić information content (AvgIpc) is 2.74. The van der Waals surface area contributed by atoms with Gasteiger partial charge in [-0.1, -0.05) is 34.1 Å². The maximum absolute atomic E-state index is 12.6. The smallest absolute Gasteiger partial charge is 0.245 e. The molecule has 2 aliphatic rings. The third-order valence-electron chi connectivity index (χ3n) is 5.05. The first-order valence-corrected chi connectivity index (χ1v) is 8.03. The van der Waals surface area contributed by atoms with Gasteiger partial charge < -0.3 is 10.2 Å². The SMILES string of the molecule is CCC1CCC(N2CC(=O)NC(CC(C)C)C2=O)C1C. The third kappa shape index (κ3) is 2.99. The Morgan fingerprint density at radius 1 is 1.30 bits per heavy atom. The number of rotatable bonds is 4. The summed E-state index contributed by atoms with van der Waals surface area (Å²) in [6.45, 7) is 8.88. The van der Waals surface area contributed by atoms with Crippen molar-refractivity contribution in [2.75, 3.05) is 6.54 Å². The fourth-order valence-electron chi connectivity index (χ4n) is 3.89. The molecular formula is C16H28N2O2. The Balaban J connectivity index is 2.10. The molecule has 0 aromatic heterocycles. The Morgan fingerprint density at radius 2 is 2.00 bits per heavy atom. The first-order chi connectivity index (χ1) is 9.43. The monoisotopic (exact) mass is 280 g/mol. The summed E-state index contributed by atoms with van der Waals surface area (Å²) in [5, 5.41) is 2.86. The van der Waals surface area contributed by atoms with E-state index in [4.69, 9.17) is 0 Å². The molecule has 20 heavy (non-hydrogen) atoms. The van der Waals surface area contributed by atoms with Crippen LogP contribution in [0.5, 0.6) is 0 Å². The lowest BCUT2D eigenvalue weighted by atomic mass is 9.91. The Labute approximate surface area is 122 Å². The lowest BCUT2D eigenvalue weighted by Gasteiger charge is -2.39. The van der Waals surface area contributed by atoms with Crippen molar-refractivity contribution >= 4 is 11.8 Å². The van der Waals surface area contributed by atoms with E-state index in [0.717, 1.165) is 12.8 Å². The van der Waals surface area contributed by atoms with Crippen molar-refractivity contribution in [3.63, 3.8) is 0 Å². The second kappa shape index (κ2) is 6.15. The molecule has 114 valence electrons. The molecule has 2 rings (SSSR count). The number of hydrogen-bond donors (Lipinski definition) is 1. The highest BCUT2D eigenvalue weighted by Gasteiger charge is 2.42. The average molecular weight is 280 g/mol. The van der Waals surface area contributed by atoms with Gasteiger partial charge in [0.25, 0.3) is 0 Å². The van der Waals surface area contributed by atoms with Crippen LogP contribution in [-0.4, -0.2) is 35.3 Å². The lowest BCUT2D eigenvalue weighted by Crippen LogP contribution is -2.61. The van der Waals surface area contributed by atoms with Gasteiger partial charge in [0.1, 0.15) is 6.04 Å². The van der Waals surface area contributed by atoms with E-state index in [2.05, 4.69) is 33.0 Å². The molecule has 2 fully saturated rings. The van der Waals surface area contributed by atoms with Gasteiger partial charge in [0.05, 0.1) is 6.54 Å². The normalized spacial score (nSPS) is 34.8. The van der Waals surface area contributed by atoms with Crippen molar-refractivity contribution in [2.24, 2.45) is 17.8 Å². The van der Waals surface area contributed by atoms with Crippen molar-refractivity contribution in [2.45, 2.75) is 65.5 Å². The summed E-state index contributed by atoms with van der Waals surface area (Å²) in [6, 6.07) is -0.0581. The molecule has 1 saturated carbocycles. The maximum atomic E-state index is 12.6. The molecule has 1 heterocycles. The predicted octanol–water partition coefficient (Wildman–Crippen LogP) is 2.18. The van der Waals surface area contributed by atoms with E-state index in [0.29, 0.717) is 17.8 Å². The van der Waals surface area contributed by atoms with Gasteiger partial charge in [-0.25, -0.2) is 0 Å². The molecule has 0 radical (unpaired) electrons. The van der Waals surface area contributed by atoms with Crippen molar-refractivity contribution in [3.8, 4) is 0 Å². The number of nitrogens with one attached hydrogen (secondary N) is 1. The van der Waals surface area contributed by atoms with E-state index >= 15 is 0 Å². The molecule has 4 unspecified atom stereocenters. The standard InChI is InChI=1S/C16H28N2O2/c1-5-12-6-7-14(11(12)4)18-9-15(19)17-13(16(18)20)8-10(2)3/h10-14H,5-9H2,1-4H3,(H,17,19). The summed E-state index contributed by atoms with van der Waals surface area (Å²) < 4.78 is 0. The van der Waals surface area contributed by atoms with Crippen LogP contribution < -0.4 is 5.32 Å². The fourth-order valence-corrected chi connectivity index (χ4v) is 3.89. The van der Waals surface area contributed by atoms with E-state index in [1.165, 1.54) is 12.8 Å². The topological polar surface area (TPSA) is 49.4 Å². The molecule has 4 heteroatoms. The van der Waals surface area contributed by atoms with Gasteiger partial charge in [0.15, 0.2) is 0 Å². The van der Waals surface area contributed by atoms with E-state index in [9.17, 15) is 9.59 Å². The molecule has 1 aliphatic carbocycles. The van der Waals surface area contributed by atoms with Crippen LogP contribution in [0.4, 0.5) is 0 Å². The van der Waals surface area contributed by atoms with Crippen LogP contribution in [0.2, 0.25) is 0 Å². The zero-order chi connectivity index (χ0) is 14.9. The first-order valence-electron chi connectivity index (χ1n) is 8.03.